The summed E-state index contributed by atoms with van der Waals surface area (Å²) >= 11 is 0. The van der Waals surface area contributed by atoms with E-state index in [-0.39, 0.29) is 18.2 Å². The maximum absolute atomic E-state index is 12.9. The molecule has 0 saturated carbocycles. The van der Waals surface area contributed by atoms with E-state index < -0.39 is 16.6 Å². The van der Waals surface area contributed by atoms with Crippen molar-refractivity contribution in [1.82, 2.24) is 4.90 Å². The van der Waals surface area contributed by atoms with Gasteiger partial charge in [0, 0.05) is 18.9 Å². The van der Waals surface area contributed by atoms with Gasteiger partial charge in [-0.2, -0.15) is 0 Å². The van der Waals surface area contributed by atoms with E-state index in [1.54, 1.807) is 12.1 Å². The Morgan fingerprint density at radius 3 is 2.00 bits per heavy atom. The Kier molecular flexibility index (Phi) is 5.37. The molecular formula is C13H23ClFNOSi2. The van der Waals surface area contributed by atoms with Crippen molar-refractivity contribution in [3.8, 4) is 0 Å². The van der Waals surface area contributed by atoms with Crippen molar-refractivity contribution in [1.29, 1.82) is 0 Å². The molecule has 108 valence electrons. The number of benzene rings is 1. The van der Waals surface area contributed by atoms with Crippen LogP contribution in [-0.4, -0.2) is 33.9 Å². The van der Waals surface area contributed by atoms with E-state index in [1.165, 1.54) is 5.56 Å². The molecule has 1 aliphatic heterocycles. The van der Waals surface area contributed by atoms with Gasteiger partial charge < -0.3 is 4.12 Å². The lowest BCUT2D eigenvalue weighted by Gasteiger charge is -2.45. The van der Waals surface area contributed by atoms with E-state index in [0.717, 1.165) is 18.9 Å². The summed E-state index contributed by atoms with van der Waals surface area (Å²) in [5.41, 5.74) is 1.19. The van der Waals surface area contributed by atoms with Gasteiger partial charge in [0.25, 0.3) is 0 Å². The van der Waals surface area contributed by atoms with Crippen LogP contribution in [-0.2, 0) is 10.7 Å². The fraction of sp³-hybridized carbons (Fsp3) is 0.538. The minimum atomic E-state index is -1.54. The van der Waals surface area contributed by atoms with Crippen LogP contribution in [0.25, 0.3) is 0 Å². The molecule has 19 heavy (non-hydrogen) atoms. The zero-order valence-corrected chi connectivity index (χ0v) is 14.9. The summed E-state index contributed by atoms with van der Waals surface area (Å²) in [7, 11) is -3.08. The van der Waals surface area contributed by atoms with Crippen molar-refractivity contribution in [2.45, 2.75) is 32.7 Å². The van der Waals surface area contributed by atoms with Crippen LogP contribution >= 0.6 is 12.4 Å². The van der Waals surface area contributed by atoms with Gasteiger partial charge >= 0.3 is 0 Å². The summed E-state index contributed by atoms with van der Waals surface area (Å²) in [6, 6.07) is 6.85. The van der Waals surface area contributed by atoms with Crippen molar-refractivity contribution in [2.75, 3.05) is 12.3 Å². The highest BCUT2D eigenvalue weighted by atomic mass is 35.5. The summed E-state index contributed by atoms with van der Waals surface area (Å²) in [6.45, 7) is 10.1. The Bertz CT molecular complexity index is 409. The van der Waals surface area contributed by atoms with Crippen LogP contribution in [0.2, 0.25) is 26.2 Å². The molecule has 2 rings (SSSR count). The monoisotopic (exact) mass is 319 g/mol. The third kappa shape index (κ3) is 5.00. The Balaban J connectivity index is 0.00000180. The predicted molar refractivity (Wildman–Crippen MR) is 85.0 cm³/mol. The van der Waals surface area contributed by atoms with Crippen LogP contribution in [0.5, 0.6) is 0 Å². The molecule has 1 aliphatic rings. The molecule has 0 atom stereocenters. The fourth-order valence-corrected chi connectivity index (χ4v) is 12.2. The molecule has 0 radical (unpaired) electrons. The second-order valence-electron chi connectivity index (χ2n) is 6.39. The first-order chi connectivity index (χ1) is 8.26. The molecule has 1 saturated heterocycles. The molecular weight excluding hydrogens is 297 g/mol. The molecule has 0 aromatic heterocycles. The van der Waals surface area contributed by atoms with E-state index >= 15 is 0 Å². The molecule has 0 aliphatic carbocycles. The van der Waals surface area contributed by atoms with Gasteiger partial charge in [-0.25, -0.2) is 4.39 Å². The molecule has 1 fully saturated rings. The molecule has 2 nitrogen and oxygen atoms in total. The van der Waals surface area contributed by atoms with Gasteiger partial charge in [-0.3, -0.25) is 4.90 Å². The highest BCUT2D eigenvalue weighted by Crippen LogP contribution is 2.24. The minimum Gasteiger partial charge on any atom is -0.454 e. The Morgan fingerprint density at radius 1 is 1.05 bits per heavy atom. The van der Waals surface area contributed by atoms with E-state index in [9.17, 15) is 4.39 Å². The maximum atomic E-state index is 12.9. The third-order valence-electron chi connectivity index (χ3n) is 3.08. The molecule has 0 N–H and O–H groups in total. The van der Waals surface area contributed by atoms with Gasteiger partial charge in [-0.15, -0.1) is 12.4 Å². The average molecular weight is 320 g/mol. The quantitative estimate of drug-likeness (QED) is 0.773. The molecule has 1 heterocycles. The summed E-state index contributed by atoms with van der Waals surface area (Å²) in [6.07, 6.45) is 2.14. The molecule has 0 unspecified atom stereocenters. The molecule has 0 amide bonds. The summed E-state index contributed by atoms with van der Waals surface area (Å²) < 4.78 is 19.2. The summed E-state index contributed by atoms with van der Waals surface area (Å²) in [4.78, 5) is 2.50. The molecule has 6 heteroatoms. The first-order valence-electron chi connectivity index (χ1n) is 6.43. The lowest BCUT2D eigenvalue weighted by Crippen LogP contribution is -2.62. The topological polar surface area (TPSA) is 12.5 Å². The second kappa shape index (κ2) is 6.05. The van der Waals surface area contributed by atoms with Crippen molar-refractivity contribution in [2.24, 2.45) is 0 Å². The SMILES string of the molecule is C[Si]1(C)CN(Cc2ccc(F)cc2)C[Si](C)(C)O1.Cl. The lowest BCUT2D eigenvalue weighted by molar-refractivity contribution is 0.291. The van der Waals surface area contributed by atoms with Crippen molar-refractivity contribution >= 4 is 29.0 Å². The third-order valence-corrected chi connectivity index (χ3v) is 9.92. The zero-order chi connectivity index (χ0) is 13.4. The molecule has 0 spiro atoms. The first-order valence-corrected chi connectivity index (χ1v) is 12.7. The number of hydrogen-bond donors (Lipinski definition) is 0. The van der Waals surface area contributed by atoms with Crippen LogP contribution < -0.4 is 0 Å². The largest absolute Gasteiger partial charge is 0.454 e. The Hall–Kier alpha value is -0.206. The van der Waals surface area contributed by atoms with Crippen LogP contribution in [0.15, 0.2) is 24.3 Å². The van der Waals surface area contributed by atoms with E-state index in [0.29, 0.717) is 0 Å². The second-order valence-corrected chi connectivity index (χ2v) is 14.9. The minimum absolute atomic E-state index is 0. The van der Waals surface area contributed by atoms with Gasteiger partial charge in [0.2, 0.25) is 0 Å². The Labute approximate surface area is 123 Å². The van der Waals surface area contributed by atoms with Gasteiger partial charge in [0.05, 0.1) is 0 Å². The standard InChI is InChI=1S/C13H22FNOSi2.ClH/c1-17(2)10-15(11-18(3,4)16-17)9-12-5-7-13(14)8-6-12;/h5-8H,9-11H2,1-4H3;1H. The Morgan fingerprint density at radius 2 is 1.53 bits per heavy atom. The van der Waals surface area contributed by atoms with Gasteiger partial charge in [-0.05, 0) is 43.9 Å². The predicted octanol–water partition coefficient (Wildman–Crippen LogP) is 3.57. The van der Waals surface area contributed by atoms with Gasteiger partial charge in [-0.1, -0.05) is 12.1 Å². The average Bonchev–Trinajstić information content (AvgIpc) is 2.16. The smallest absolute Gasteiger partial charge is 0.187 e. The van der Waals surface area contributed by atoms with Gasteiger partial charge in [0.1, 0.15) is 5.82 Å². The highest BCUT2D eigenvalue weighted by molar-refractivity contribution is 6.86. The zero-order valence-electron chi connectivity index (χ0n) is 12.1. The van der Waals surface area contributed by atoms with E-state index in [1.807, 2.05) is 12.1 Å². The number of halogens is 2. The maximum Gasteiger partial charge on any atom is 0.187 e. The number of rotatable bonds is 2. The van der Waals surface area contributed by atoms with E-state index in [2.05, 4.69) is 31.1 Å². The van der Waals surface area contributed by atoms with Crippen molar-refractivity contribution in [3.05, 3.63) is 35.6 Å². The van der Waals surface area contributed by atoms with Gasteiger partial charge in [0.15, 0.2) is 16.6 Å². The molecule has 0 bridgehead atoms. The fourth-order valence-electron chi connectivity index (χ4n) is 2.91. The van der Waals surface area contributed by atoms with Crippen LogP contribution in [0.3, 0.4) is 0 Å². The summed E-state index contributed by atoms with van der Waals surface area (Å²) in [5, 5.41) is 0. The lowest BCUT2D eigenvalue weighted by atomic mass is 10.2. The molecule has 1 aromatic rings. The van der Waals surface area contributed by atoms with Crippen molar-refractivity contribution in [3.63, 3.8) is 0 Å². The molecule has 1 aromatic carbocycles. The van der Waals surface area contributed by atoms with Crippen LogP contribution in [0, 0.1) is 5.82 Å². The van der Waals surface area contributed by atoms with Crippen LogP contribution in [0.1, 0.15) is 5.56 Å². The van der Waals surface area contributed by atoms with E-state index in [4.69, 9.17) is 4.12 Å². The number of nitrogens with zero attached hydrogens (tertiary/aromatic N) is 1. The normalized spacial score (nSPS) is 21.7. The summed E-state index contributed by atoms with van der Waals surface area (Å²) in [5.74, 6) is -0.162. The number of hydrogen-bond acceptors (Lipinski definition) is 2. The van der Waals surface area contributed by atoms with Crippen molar-refractivity contribution < 1.29 is 8.51 Å². The van der Waals surface area contributed by atoms with Crippen LogP contribution in [0.4, 0.5) is 4.39 Å². The highest BCUT2D eigenvalue weighted by Gasteiger charge is 2.41. The first kappa shape index (κ1) is 16.8.